The quantitative estimate of drug-likeness (QED) is 0.786. The van der Waals surface area contributed by atoms with Crippen molar-refractivity contribution in [3.63, 3.8) is 0 Å². The predicted molar refractivity (Wildman–Crippen MR) is 87.7 cm³/mol. The Labute approximate surface area is 133 Å². The van der Waals surface area contributed by atoms with Gasteiger partial charge in [-0.3, -0.25) is 9.59 Å². The zero-order valence-corrected chi connectivity index (χ0v) is 13.7. The molecule has 2 fully saturated rings. The fraction of sp³-hybridized carbons (Fsp3) is 0.556. The van der Waals surface area contributed by atoms with E-state index in [-0.39, 0.29) is 23.8 Å². The monoisotopic (exact) mass is 302 g/mol. The number of nitrogens with zero attached hydrogens (tertiary/aromatic N) is 2. The minimum atomic E-state index is -0.0560. The SMILES string of the molecule is C=C/C=C1\C(=C)N(C(C)=O)C(C)CN1C(=O)C1CCCCC1. The van der Waals surface area contributed by atoms with E-state index in [2.05, 4.69) is 13.2 Å². The Balaban J connectivity index is 2.27. The van der Waals surface area contributed by atoms with Crippen LogP contribution in [0.1, 0.15) is 46.0 Å². The second-order valence-electron chi connectivity index (χ2n) is 6.26. The minimum absolute atomic E-state index is 0.0442. The van der Waals surface area contributed by atoms with Gasteiger partial charge in [0.05, 0.1) is 17.4 Å². The predicted octanol–water partition coefficient (Wildman–Crippen LogP) is 3.23. The molecule has 2 aliphatic rings. The van der Waals surface area contributed by atoms with Crippen molar-refractivity contribution in [2.75, 3.05) is 6.54 Å². The first-order valence-electron chi connectivity index (χ1n) is 8.10. The summed E-state index contributed by atoms with van der Waals surface area (Å²) in [5, 5.41) is 0. The molecule has 0 spiro atoms. The molecule has 0 N–H and O–H groups in total. The van der Waals surface area contributed by atoms with E-state index < -0.39 is 0 Å². The first-order chi connectivity index (χ1) is 10.5. The molecule has 1 heterocycles. The average Bonchev–Trinajstić information content (AvgIpc) is 2.49. The summed E-state index contributed by atoms with van der Waals surface area (Å²) in [4.78, 5) is 28.2. The van der Waals surface area contributed by atoms with E-state index in [1.807, 2.05) is 11.8 Å². The highest BCUT2D eigenvalue weighted by atomic mass is 16.2. The number of amides is 2. The zero-order valence-electron chi connectivity index (χ0n) is 13.7. The number of piperazine rings is 1. The molecule has 2 rings (SSSR count). The van der Waals surface area contributed by atoms with Gasteiger partial charge in [0.1, 0.15) is 0 Å². The fourth-order valence-electron chi connectivity index (χ4n) is 3.57. The molecule has 1 unspecified atom stereocenters. The van der Waals surface area contributed by atoms with E-state index in [0.717, 1.165) is 25.7 Å². The van der Waals surface area contributed by atoms with Gasteiger partial charge in [0.25, 0.3) is 0 Å². The molecule has 0 aromatic heterocycles. The van der Waals surface area contributed by atoms with Crippen molar-refractivity contribution in [2.24, 2.45) is 5.92 Å². The second kappa shape index (κ2) is 6.95. The third-order valence-corrected chi connectivity index (χ3v) is 4.60. The molecule has 0 aromatic carbocycles. The molecule has 1 aliphatic heterocycles. The van der Waals surface area contributed by atoms with E-state index in [1.165, 1.54) is 13.3 Å². The molecule has 120 valence electrons. The lowest BCUT2D eigenvalue weighted by Gasteiger charge is -2.43. The highest BCUT2D eigenvalue weighted by Crippen LogP contribution is 2.32. The maximum atomic E-state index is 12.9. The Morgan fingerprint density at radius 1 is 1.23 bits per heavy atom. The number of carbonyl (C=O) groups excluding carboxylic acids is 2. The van der Waals surface area contributed by atoms with Crippen molar-refractivity contribution < 1.29 is 9.59 Å². The lowest BCUT2D eigenvalue weighted by molar-refractivity contribution is -0.139. The molecule has 1 aliphatic carbocycles. The van der Waals surface area contributed by atoms with Crippen LogP contribution < -0.4 is 0 Å². The Morgan fingerprint density at radius 2 is 1.86 bits per heavy atom. The molecule has 1 saturated carbocycles. The summed E-state index contributed by atoms with van der Waals surface area (Å²) >= 11 is 0. The minimum Gasteiger partial charge on any atom is -0.308 e. The number of hydrogen-bond acceptors (Lipinski definition) is 2. The van der Waals surface area contributed by atoms with Crippen molar-refractivity contribution in [1.82, 2.24) is 9.80 Å². The molecule has 0 radical (unpaired) electrons. The lowest BCUT2D eigenvalue weighted by atomic mass is 9.87. The van der Waals surface area contributed by atoms with Crippen LogP contribution in [0.4, 0.5) is 0 Å². The highest BCUT2D eigenvalue weighted by molar-refractivity contribution is 5.84. The molecule has 2 amide bonds. The summed E-state index contributed by atoms with van der Waals surface area (Å²) in [5.74, 6) is 0.229. The summed E-state index contributed by atoms with van der Waals surface area (Å²) in [6.45, 7) is 11.8. The Hall–Kier alpha value is -1.84. The largest absolute Gasteiger partial charge is 0.308 e. The van der Waals surface area contributed by atoms with Crippen LogP contribution in [0.15, 0.2) is 36.7 Å². The third kappa shape index (κ3) is 3.16. The third-order valence-electron chi connectivity index (χ3n) is 4.60. The highest BCUT2D eigenvalue weighted by Gasteiger charge is 2.37. The summed E-state index contributed by atoms with van der Waals surface area (Å²) in [7, 11) is 0. The van der Waals surface area contributed by atoms with Crippen molar-refractivity contribution in [3.05, 3.63) is 36.7 Å². The van der Waals surface area contributed by atoms with Gasteiger partial charge in [-0.1, -0.05) is 38.5 Å². The van der Waals surface area contributed by atoms with Crippen LogP contribution in [0.25, 0.3) is 0 Å². The van der Waals surface area contributed by atoms with Crippen molar-refractivity contribution >= 4 is 11.8 Å². The van der Waals surface area contributed by atoms with Gasteiger partial charge in [0.2, 0.25) is 11.8 Å². The number of rotatable bonds is 2. The maximum absolute atomic E-state index is 12.9. The Morgan fingerprint density at radius 3 is 2.41 bits per heavy atom. The normalized spacial score (nSPS) is 25.5. The van der Waals surface area contributed by atoms with Crippen LogP contribution in [-0.2, 0) is 9.59 Å². The maximum Gasteiger partial charge on any atom is 0.230 e. The Kier molecular flexibility index (Phi) is 5.22. The molecule has 1 atom stereocenters. The van der Waals surface area contributed by atoms with Crippen LogP contribution in [0.5, 0.6) is 0 Å². The van der Waals surface area contributed by atoms with Crippen molar-refractivity contribution in [3.8, 4) is 0 Å². The molecule has 0 bridgehead atoms. The fourth-order valence-corrected chi connectivity index (χ4v) is 3.57. The van der Waals surface area contributed by atoms with Crippen LogP contribution in [0, 0.1) is 5.92 Å². The lowest BCUT2D eigenvalue weighted by Crippen LogP contribution is -2.53. The molecular formula is C18H26N2O2. The van der Waals surface area contributed by atoms with Gasteiger partial charge in [-0.25, -0.2) is 0 Å². The van der Waals surface area contributed by atoms with E-state index in [1.54, 1.807) is 17.1 Å². The molecular weight excluding hydrogens is 276 g/mol. The standard InChI is InChI=1S/C18H26N2O2/c1-5-9-17-14(3)20(15(4)21)13(2)12-19(17)18(22)16-10-7-6-8-11-16/h5,9,13,16H,1,3,6-8,10-12H2,2,4H3/b17-9+. The first-order valence-corrected chi connectivity index (χ1v) is 8.10. The zero-order chi connectivity index (χ0) is 16.3. The topological polar surface area (TPSA) is 40.6 Å². The average molecular weight is 302 g/mol. The second-order valence-corrected chi connectivity index (χ2v) is 6.26. The molecule has 22 heavy (non-hydrogen) atoms. The number of carbonyl (C=O) groups is 2. The van der Waals surface area contributed by atoms with Crippen LogP contribution in [-0.4, -0.2) is 34.2 Å². The Bertz CT molecular complexity index is 515. The van der Waals surface area contributed by atoms with Gasteiger partial charge in [0.15, 0.2) is 0 Å². The van der Waals surface area contributed by atoms with E-state index in [9.17, 15) is 9.59 Å². The summed E-state index contributed by atoms with van der Waals surface area (Å²) < 4.78 is 0. The first kappa shape index (κ1) is 16.5. The van der Waals surface area contributed by atoms with E-state index in [0.29, 0.717) is 17.9 Å². The van der Waals surface area contributed by atoms with Gasteiger partial charge in [-0.05, 0) is 25.8 Å². The summed E-state index contributed by atoms with van der Waals surface area (Å²) in [6.07, 6.45) is 8.84. The van der Waals surface area contributed by atoms with E-state index in [4.69, 9.17) is 0 Å². The molecule has 4 heteroatoms. The van der Waals surface area contributed by atoms with Crippen LogP contribution in [0.2, 0.25) is 0 Å². The van der Waals surface area contributed by atoms with Gasteiger partial charge >= 0.3 is 0 Å². The van der Waals surface area contributed by atoms with Gasteiger partial charge in [-0.15, -0.1) is 0 Å². The molecule has 4 nitrogen and oxygen atoms in total. The van der Waals surface area contributed by atoms with Gasteiger partial charge in [0, 0.05) is 19.4 Å². The van der Waals surface area contributed by atoms with Crippen LogP contribution in [0.3, 0.4) is 0 Å². The van der Waals surface area contributed by atoms with E-state index >= 15 is 0 Å². The van der Waals surface area contributed by atoms with Gasteiger partial charge in [-0.2, -0.15) is 0 Å². The summed E-state index contributed by atoms with van der Waals surface area (Å²) in [6, 6.07) is -0.0560. The van der Waals surface area contributed by atoms with Gasteiger partial charge < -0.3 is 9.80 Å². The van der Waals surface area contributed by atoms with Crippen molar-refractivity contribution in [1.29, 1.82) is 0 Å². The summed E-state index contributed by atoms with van der Waals surface area (Å²) in [5.41, 5.74) is 1.30. The molecule has 1 saturated heterocycles. The molecule has 0 aromatic rings. The number of allylic oxidation sites excluding steroid dienone is 2. The number of hydrogen-bond donors (Lipinski definition) is 0. The van der Waals surface area contributed by atoms with Crippen LogP contribution >= 0.6 is 0 Å². The van der Waals surface area contributed by atoms with Crippen molar-refractivity contribution in [2.45, 2.75) is 52.0 Å². The smallest absolute Gasteiger partial charge is 0.230 e.